The van der Waals surface area contributed by atoms with Gasteiger partial charge < -0.3 is 19.7 Å². The van der Waals surface area contributed by atoms with Gasteiger partial charge in [-0.15, -0.1) is 0 Å². The molecule has 1 heterocycles. The highest BCUT2D eigenvalue weighted by molar-refractivity contribution is 5.97. The van der Waals surface area contributed by atoms with Gasteiger partial charge in [0.25, 0.3) is 11.5 Å². The Labute approximate surface area is 89.3 Å². The quantitative estimate of drug-likeness (QED) is 0.770. The molecule has 1 aromatic rings. The average molecular weight is 222 g/mol. The van der Waals surface area contributed by atoms with E-state index in [1.807, 2.05) is 0 Å². The maximum Gasteiger partial charge on any atom is 0.376 e. The van der Waals surface area contributed by atoms with Crippen LogP contribution in [0.25, 0.3) is 0 Å². The minimum Gasteiger partial charge on any atom is -0.475 e. The van der Waals surface area contributed by atoms with Gasteiger partial charge in [0.1, 0.15) is 0 Å². The number of carbonyl (C=O) groups is 2. The summed E-state index contributed by atoms with van der Waals surface area (Å²) < 4.78 is 9.88. The van der Waals surface area contributed by atoms with Crippen LogP contribution in [0.5, 0.6) is 11.5 Å². The standard InChI is InChI=1S/C10H6O6/c11-9(12)7-8(10(13)14)16-6-4-2-1-3-5(6)15-7/h1-4H,(H,11,12)(H,13,14). The third-order valence-electron chi connectivity index (χ3n) is 1.87. The van der Waals surface area contributed by atoms with Crippen LogP contribution in [0.2, 0.25) is 0 Å². The number of para-hydroxylation sites is 2. The minimum atomic E-state index is -1.49. The van der Waals surface area contributed by atoms with Crippen LogP contribution >= 0.6 is 0 Å². The number of carboxylic acids is 2. The first-order chi connectivity index (χ1) is 7.59. The molecule has 1 aliphatic rings. The van der Waals surface area contributed by atoms with E-state index in [9.17, 15) is 9.59 Å². The molecule has 0 aromatic heterocycles. The smallest absolute Gasteiger partial charge is 0.376 e. The summed E-state index contributed by atoms with van der Waals surface area (Å²) in [6.45, 7) is 0. The van der Waals surface area contributed by atoms with Crippen LogP contribution in [0.4, 0.5) is 0 Å². The predicted molar refractivity (Wildman–Crippen MR) is 50.0 cm³/mol. The van der Waals surface area contributed by atoms with E-state index < -0.39 is 23.5 Å². The molecule has 0 radical (unpaired) electrons. The molecular formula is C10H6O6. The highest BCUT2D eigenvalue weighted by Gasteiger charge is 2.30. The van der Waals surface area contributed by atoms with Crippen molar-refractivity contribution in [2.75, 3.05) is 0 Å². The summed E-state index contributed by atoms with van der Waals surface area (Å²) >= 11 is 0. The number of rotatable bonds is 2. The summed E-state index contributed by atoms with van der Waals surface area (Å²) in [4.78, 5) is 21.5. The van der Waals surface area contributed by atoms with Crippen molar-refractivity contribution < 1.29 is 29.3 Å². The summed E-state index contributed by atoms with van der Waals surface area (Å²) in [5.41, 5.74) is 0. The second kappa shape index (κ2) is 3.58. The molecule has 2 rings (SSSR count). The normalized spacial score (nSPS) is 13.5. The lowest BCUT2D eigenvalue weighted by Gasteiger charge is -2.18. The largest absolute Gasteiger partial charge is 0.475 e. The van der Waals surface area contributed by atoms with Crippen molar-refractivity contribution in [1.29, 1.82) is 0 Å². The molecule has 6 heteroatoms. The zero-order chi connectivity index (χ0) is 11.7. The molecular weight excluding hydrogens is 216 g/mol. The Kier molecular flexibility index (Phi) is 2.24. The van der Waals surface area contributed by atoms with E-state index in [2.05, 4.69) is 0 Å². The van der Waals surface area contributed by atoms with E-state index >= 15 is 0 Å². The summed E-state index contributed by atoms with van der Waals surface area (Å²) in [6, 6.07) is 6.20. The van der Waals surface area contributed by atoms with E-state index in [-0.39, 0.29) is 11.5 Å². The van der Waals surface area contributed by atoms with Crippen LogP contribution < -0.4 is 9.47 Å². The number of hydrogen-bond acceptors (Lipinski definition) is 4. The van der Waals surface area contributed by atoms with Crippen molar-refractivity contribution >= 4 is 11.9 Å². The first-order valence-corrected chi connectivity index (χ1v) is 4.25. The van der Waals surface area contributed by atoms with Crippen LogP contribution in [-0.4, -0.2) is 22.2 Å². The Morgan fingerprint density at radius 3 is 1.56 bits per heavy atom. The number of benzene rings is 1. The second-order valence-electron chi connectivity index (χ2n) is 2.92. The number of hydrogen-bond donors (Lipinski definition) is 2. The topological polar surface area (TPSA) is 93.1 Å². The fraction of sp³-hybridized carbons (Fsp3) is 0. The van der Waals surface area contributed by atoms with Gasteiger partial charge in [-0.2, -0.15) is 0 Å². The molecule has 0 saturated carbocycles. The Morgan fingerprint density at radius 2 is 1.25 bits per heavy atom. The lowest BCUT2D eigenvalue weighted by molar-refractivity contribution is -0.140. The summed E-state index contributed by atoms with van der Waals surface area (Å²) in [5, 5.41) is 17.5. The molecule has 0 unspecified atom stereocenters. The number of aliphatic carboxylic acids is 2. The Bertz CT molecular complexity index is 457. The maximum atomic E-state index is 10.8. The van der Waals surface area contributed by atoms with Crippen LogP contribution in [0.1, 0.15) is 0 Å². The molecule has 2 N–H and O–H groups in total. The van der Waals surface area contributed by atoms with Crippen LogP contribution in [0, 0.1) is 0 Å². The van der Waals surface area contributed by atoms with Crippen LogP contribution in [0.15, 0.2) is 35.8 Å². The van der Waals surface area contributed by atoms with Crippen molar-refractivity contribution in [3.8, 4) is 11.5 Å². The molecule has 0 aliphatic carbocycles. The first-order valence-electron chi connectivity index (χ1n) is 4.25. The third kappa shape index (κ3) is 1.56. The van der Waals surface area contributed by atoms with Gasteiger partial charge >= 0.3 is 11.9 Å². The maximum absolute atomic E-state index is 10.8. The van der Waals surface area contributed by atoms with Gasteiger partial charge in [-0.3, -0.25) is 0 Å². The van der Waals surface area contributed by atoms with E-state index in [1.54, 1.807) is 12.1 Å². The van der Waals surface area contributed by atoms with Gasteiger partial charge in [0.05, 0.1) is 0 Å². The molecule has 0 spiro atoms. The Morgan fingerprint density at radius 1 is 0.875 bits per heavy atom. The van der Waals surface area contributed by atoms with Crippen LogP contribution in [0.3, 0.4) is 0 Å². The van der Waals surface area contributed by atoms with E-state index in [0.29, 0.717) is 0 Å². The SMILES string of the molecule is O=C(O)C1=C(C(=O)O)Oc2ccccc2O1. The summed E-state index contributed by atoms with van der Waals surface area (Å²) in [7, 11) is 0. The Hall–Kier alpha value is -2.50. The molecule has 0 amide bonds. The van der Waals surface area contributed by atoms with Gasteiger partial charge in [0.15, 0.2) is 11.5 Å². The number of fused-ring (bicyclic) bond motifs is 1. The molecule has 0 atom stereocenters. The zero-order valence-corrected chi connectivity index (χ0v) is 7.84. The van der Waals surface area contributed by atoms with Crippen molar-refractivity contribution in [2.24, 2.45) is 0 Å². The zero-order valence-electron chi connectivity index (χ0n) is 7.84. The number of ether oxygens (including phenoxy) is 2. The van der Waals surface area contributed by atoms with Gasteiger partial charge in [-0.1, -0.05) is 12.1 Å². The average Bonchev–Trinajstić information content (AvgIpc) is 2.27. The van der Waals surface area contributed by atoms with Gasteiger partial charge in [0.2, 0.25) is 0 Å². The molecule has 6 nitrogen and oxygen atoms in total. The highest BCUT2D eigenvalue weighted by Crippen LogP contribution is 2.34. The van der Waals surface area contributed by atoms with Crippen molar-refractivity contribution in [3.05, 3.63) is 35.8 Å². The number of carboxylic acid groups (broad SMARTS) is 2. The monoisotopic (exact) mass is 222 g/mol. The molecule has 82 valence electrons. The highest BCUT2D eigenvalue weighted by atomic mass is 16.6. The van der Waals surface area contributed by atoms with Crippen molar-refractivity contribution in [3.63, 3.8) is 0 Å². The minimum absolute atomic E-state index is 0.171. The van der Waals surface area contributed by atoms with E-state index in [4.69, 9.17) is 19.7 Å². The molecule has 16 heavy (non-hydrogen) atoms. The first kappa shape index (κ1) is 10.0. The van der Waals surface area contributed by atoms with E-state index in [0.717, 1.165) is 0 Å². The fourth-order valence-electron chi connectivity index (χ4n) is 1.21. The molecule has 0 saturated heterocycles. The summed E-state index contributed by atoms with van der Waals surface area (Å²) in [5.74, 6) is -4.11. The van der Waals surface area contributed by atoms with Crippen LogP contribution in [-0.2, 0) is 9.59 Å². The lowest BCUT2D eigenvalue weighted by atomic mass is 10.3. The van der Waals surface area contributed by atoms with Crippen molar-refractivity contribution in [1.82, 2.24) is 0 Å². The molecule has 0 fully saturated rings. The van der Waals surface area contributed by atoms with E-state index in [1.165, 1.54) is 12.1 Å². The molecule has 0 bridgehead atoms. The van der Waals surface area contributed by atoms with Gasteiger partial charge in [-0.05, 0) is 12.1 Å². The lowest BCUT2D eigenvalue weighted by Crippen LogP contribution is -2.23. The molecule has 1 aromatic carbocycles. The van der Waals surface area contributed by atoms with Gasteiger partial charge in [0, 0.05) is 0 Å². The Balaban J connectivity index is 2.49. The second-order valence-corrected chi connectivity index (χ2v) is 2.92. The van der Waals surface area contributed by atoms with Crippen molar-refractivity contribution in [2.45, 2.75) is 0 Å². The summed E-state index contributed by atoms with van der Waals surface area (Å²) in [6.07, 6.45) is 0. The fourth-order valence-corrected chi connectivity index (χ4v) is 1.21. The van der Waals surface area contributed by atoms with Gasteiger partial charge in [-0.25, -0.2) is 9.59 Å². The predicted octanol–water partition coefficient (Wildman–Crippen LogP) is 0.839. The molecule has 1 aliphatic heterocycles. The third-order valence-corrected chi connectivity index (χ3v) is 1.87.